The summed E-state index contributed by atoms with van der Waals surface area (Å²) >= 11 is 0. The Morgan fingerprint density at radius 3 is 1.73 bits per heavy atom. The fraction of sp³-hybridized carbons (Fsp3) is 0.769. The Bertz CT molecular complexity index is 789. The van der Waals surface area contributed by atoms with E-state index in [1.165, 1.54) is 57.8 Å². The Kier molecular flexibility index (Phi) is 3.75. The van der Waals surface area contributed by atoms with Crippen LogP contribution in [0.25, 0.3) is 0 Å². The number of amides is 1. The summed E-state index contributed by atoms with van der Waals surface area (Å²) in [4.78, 5) is 18.0. The summed E-state index contributed by atoms with van der Waals surface area (Å²) in [5.74, 6) is 6.45. The van der Waals surface area contributed by atoms with Gasteiger partial charge in [0.15, 0.2) is 0 Å². The first-order chi connectivity index (χ1) is 14.5. The zero-order valence-corrected chi connectivity index (χ0v) is 18.0. The van der Waals surface area contributed by atoms with E-state index in [-0.39, 0.29) is 16.9 Å². The zero-order chi connectivity index (χ0) is 19.9. The lowest BCUT2D eigenvalue weighted by atomic mass is 9.49. The fourth-order valence-electron chi connectivity index (χ4n) is 9.73. The summed E-state index contributed by atoms with van der Waals surface area (Å²) in [6.07, 6.45) is 17.7. The molecular formula is C26H35N3O. The maximum absolute atomic E-state index is 13.3. The number of anilines is 2. The highest BCUT2D eigenvalue weighted by Crippen LogP contribution is 2.60. The first-order valence-corrected chi connectivity index (χ1v) is 12.6. The third kappa shape index (κ3) is 2.85. The first-order valence-electron chi connectivity index (χ1n) is 12.6. The van der Waals surface area contributed by atoms with Crippen LogP contribution in [0.15, 0.2) is 18.3 Å². The molecule has 160 valence electrons. The van der Waals surface area contributed by atoms with Crippen molar-refractivity contribution in [2.24, 2.45) is 40.9 Å². The highest BCUT2D eigenvalue weighted by molar-refractivity contribution is 5.95. The Morgan fingerprint density at radius 1 is 0.767 bits per heavy atom. The van der Waals surface area contributed by atoms with Crippen LogP contribution in [0.3, 0.4) is 0 Å². The number of carbonyl (C=O) groups is 1. The summed E-state index contributed by atoms with van der Waals surface area (Å²) in [7, 11) is 0. The van der Waals surface area contributed by atoms with Gasteiger partial charge in [-0.05, 0) is 125 Å². The first kappa shape index (κ1) is 18.0. The molecule has 0 radical (unpaired) electrons. The van der Waals surface area contributed by atoms with E-state index in [2.05, 4.69) is 22.8 Å². The molecule has 30 heavy (non-hydrogen) atoms. The van der Waals surface area contributed by atoms with Crippen molar-refractivity contribution in [3.63, 3.8) is 0 Å². The van der Waals surface area contributed by atoms with E-state index in [0.717, 1.165) is 66.3 Å². The fourth-order valence-corrected chi connectivity index (χ4v) is 9.73. The molecule has 8 fully saturated rings. The molecule has 4 nitrogen and oxygen atoms in total. The Labute approximate surface area is 180 Å². The normalized spacial score (nSPS) is 47.5. The maximum Gasteiger partial charge on any atom is 0.230 e. The van der Waals surface area contributed by atoms with E-state index in [1.807, 2.05) is 6.20 Å². The molecule has 8 aliphatic rings. The van der Waals surface area contributed by atoms with E-state index < -0.39 is 0 Å². The van der Waals surface area contributed by atoms with Gasteiger partial charge in [0.25, 0.3) is 0 Å². The van der Waals surface area contributed by atoms with Gasteiger partial charge in [0.2, 0.25) is 5.91 Å². The van der Waals surface area contributed by atoms with E-state index >= 15 is 0 Å². The molecule has 2 N–H and O–H groups in total. The van der Waals surface area contributed by atoms with Crippen LogP contribution in [0.2, 0.25) is 0 Å². The van der Waals surface area contributed by atoms with Gasteiger partial charge in [-0.25, -0.2) is 4.98 Å². The minimum absolute atomic E-state index is 0.0924. The number of aromatic nitrogens is 1. The van der Waals surface area contributed by atoms with Gasteiger partial charge in [-0.3, -0.25) is 4.79 Å². The monoisotopic (exact) mass is 405 g/mol. The SMILES string of the molecule is O=C(Nc1ccc(NC23CC4CC(CC(C4)C2)C3)nc1)C12CC3CC(CC(C3)C1)C2. The van der Waals surface area contributed by atoms with Crippen LogP contribution in [0.4, 0.5) is 11.5 Å². The van der Waals surface area contributed by atoms with Crippen molar-refractivity contribution in [2.45, 2.75) is 82.6 Å². The predicted molar refractivity (Wildman–Crippen MR) is 118 cm³/mol. The largest absolute Gasteiger partial charge is 0.365 e. The van der Waals surface area contributed by atoms with Crippen LogP contribution < -0.4 is 10.6 Å². The Balaban J connectivity index is 1.04. The average Bonchev–Trinajstić information content (AvgIpc) is 2.67. The second kappa shape index (κ2) is 6.23. The molecule has 1 heterocycles. The molecule has 1 aromatic heterocycles. The molecule has 0 aliphatic heterocycles. The smallest absolute Gasteiger partial charge is 0.230 e. The summed E-state index contributed by atoms with van der Waals surface area (Å²) < 4.78 is 0. The summed E-state index contributed by atoms with van der Waals surface area (Å²) in [5, 5.41) is 7.11. The van der Waals surface area contributed by atoms with Gasteiger partial charge in [-0.1, -0.05) is 0 Å². The maximum atomic E-state index is 13.3. The van der Waals surface area contributed by atoms with E-state index in [1.54, 1.807) is 0 Å². The van der Waals surface area contributed by atoms with Crippen molar-refractivity contribution >= 4 is 17.4 Å². The molecule has 9 rings (SSSR count). The van der Waals surface area contributed by atoms with Gasteiger partial charge in [0.05, 0.1) is 17.3 Å². The molecule has 4 heteroatoms. The molecule has 8 saturated carbocycles. The standard InChI is InChI=1S/C26H35N3O/c30-24(25-9-16-3-17(10-25)5-18(4-16)11-25)28-22-1-2-23(27-15-22)29-26-12-19-6-20(13-26)8-21(7-19)14-26/h1-2,15-21H,3-14H2,(H,27,29)(H,28,30). The number of rotatable bonds is 4. The molecule has 0 unspecified atom stereocenters. The molecule has 1 aromatic rings. The highest BCUT2D eigenvalue weighted by atomic mass is 16.2. The lowest BCUT2D eigenvalue weighted by Gasteiger charge is -2.57. The van der Waals surface area contributed by atoms with Crippen molar-refractivity contribution in [3.05, 3.63) is 18.3 Å². The average molecular weight is 406 g/mol. The van der Waals surface area contributed by atoms with Gasteiger partial charge >= 0.3 is 0 Å². The lowest BCUT2D eigenvalue weighted by Crippen LogP contribution is -2.54. The highest BCUT2D eigenvalue weighted by Gasteiger charge is 2.54. The second-order valence-electron chi connectivity index (χ2n) is 12.4. The zero-order valence-electron chi connectivity index (χ0n) is 18.0. The number of pyridine rings is 1. The molecule has 8 aliphatic carbocycles. The quantitative estimate of drug-likeness (QED) is 0.684. The van der Waals surface area contributed by atoms with Crippen molar-refractivity contribution in [1.29, 1.82) is 0 Å². The third-order valence-electron chi connectivity index (χ3n) is 9.97. The van der Waals surface area contributed by atoms with Crippen LogP contribution in [0, 0.1) is 40.9 Å². The number of nitrogens with one attached hydrogen (secondary N) is 2. The summed E-state index contributed by atoms with van der Waals surface area (Å²) in [5.41, 5.74) is 1.06. The van der Waals surface area contributed by atoms with Crippen LogP contribution in [-0.2, 0) is 4.79 Å². The minimum Gasteiger partial charge on any atom is -0.365 e. The minimum atomic E-state index is -0.0924. The Morgan fingerprint density at radius 2 is 1.27 bits per heavy atom. The molecule has 1 amide bonds. The van der Waals surface area contributed by atoms with E-state index in [9.17, 15) is 4.79 Å². The molecule has 0 saturated heterocycles. The van der Waals surface area contributed by atoms with Crippen LogP contribution in [0.5, 0.6) is 0 Å². The molecule has 0 atom stereocenters. The van der Waals surface area contributed by atoms with E-state index in [4.69, 9.17) is 4.98 Å². The molecular weight excluding hydrogens is 370 g/mol. The van der Waals surface area contributed by atoms with Gasteiger partial charge in [-0.2, -0.15) is 0 Å². The van der Waals surface area contributed by atoms with Crippen molar-refractivity contribution in [3.8, 4) is 0 Å². The van der Waals surface area contributed by atoms with Gasteiger partial charge < -0.3 is 10.6 Å². The number of nitrogens with zero attached hydrogens (tertiary/aromatic N) is 1. The van der Waals surface area contributed by atoms with Crippen LogP contribution in [0.1, 0.15) is 77.0 Å². The Hall–Kier alpha value is -1.58. The summed E-state index contributed by atoms with van der Waals surface area (Å²) in [6, 6.07) is 4.15. The van der Waals surface area contributed by atoms with Crippen molar-refractivity contribution in [2.75, 3.05) is 10.6 Å². The van der Waals surface area contributed by atoms with Crippen molar-refractivity contribution < 1.29 is 4.79 Å². The van der Waals surface area contributed by atoms with Gasteiger partial charge in [0.1, 0.15) is 5.82 Å². The number of hydrogen-bond donors (Lipinski definition) is 2. The van der Waals surface area contributed by atoms with Crippen molar-refractivity contribution in [1.82, 2.24) is 4.98 Å². The topological polar surface area (TPSA) is 54.0 Å². The second-order valence-corrected chi connectivity index (χ2v) is 12.4. The molecule has 8 bridgehead atoms. The van der Waals surface area contributed by atoms with Crippen LogP contribution in [-0.4, -0.2) is 16.4 Å². The molecule has 0 aromatic carbocycles. The van der Waals surface area contributed by atoms with E-state index in [0.29, 0.717) is 0 Å². The van der Waals surface area contributed by atoms with Crippen LogP contribution >= 0.6 is 0 Å². The lowest BCUT2D eigenvalue weighted by molar-refractivity contribution is -0.140. The van der Waals surface area contributed by atoms with Gasteiger partial charge in [-0.15, -0.1) is 0 Å². The number of carbonyl (C=O) groups excluding carboxylic acids is 1. The summed E-state index contributed by atoms with van der Waals surface area (Å²) in [6.45, 7) is 0. The third-order valence-corrected chi connectivity index (χ3v) is 9.97. The van der Waals surface area contributed by atoms with Gasteiger partial charge in [0, 0.05) is 5.54 Å². The number of hydrogen-bond acceptors (Lipinski definition) is 3. The predicted octanol–water partition coefficient (Wildman–Crippen LogP) is 5.62. The molecule has 0 spiro atoms.